The van der Waals surface area contributed by atoms with Crippen molar-refractivity contribution in [2.75, 3.05) is 33.4 Å². The predicted octanol–water partition coefficient (Wildman–Crippen LogP) is 3.11. The smallest absolute Gasteiger partial charge is 0.317 e. The zero-order valence-electron chi connectivity index (χ0n) is 12.6. The van der Waals surface area contributed by atoms with E-state index in [0.29, 0.717) is 36.4 Å². The average Bonchev–Trinajstić information content (AvgIpc) is 2.52. The number of carbonyl (C=O) groups excluding carboxylic acids is 1. The molecule has 122 valence electrons. The molecule has 0 aliphatic carbocycles. The zero-order chi connectivity index (χ0) is 16.1. The van der Waals surface area contributed by atoms with Crippen LogP contribution in [-0.4, -0.2) is 50.4 Å². The normalized spacial score (nSPS) is 19.5. The minimum atomic E-state index is -0.187. The largest absolute Gasteiger partial charge is 0.376 e. The molecule has 1 N–H and O–H groups in total. The standard InChI is InChI=1S/C15H20Cl2N2O3/c1-10(13-4-3-11(16)7-14(13)17)19(2)15(20)18-8-12-9-21-5-6-22-12/h3-4,7,10,12H,5-6,8-9H2,1-2H3,(H,18,20)/t10-,12+/m1/s1. The van der Waals surface area contributed by atoms with Gasteiger partial charge in [0, 0.05) is 23.6 Å². The molecule has 0 radical (unpaired) electrons. The highest BCUT2D eigenvalue weighted by atomic mass is 35.5. The SMILES string of the molecule is C[C@H](c1ccc(Cl)cc1Cl)N(C)C(=O)NC[C@H]1COCCO1. The van der Waals surface area contributed by atoms with Crippen LogP contribution in [0, 0.1) is 0 Å². The van der Waals surface area contributed by atoms with E-state index in [2.05, 4.69) is 5.32 Å². The second-order valence-electron chi connectivity index (χ2n) is 5.21. The maximum absolute atomic E-state index is 12.2. The van der Waals surface area contributed by atoms with E-state index in [0.717, 1.165) is 5.56 Å². The lowest BCUT2D eigenvalue weighted by molar-refractivity contribution is -0.0856. The second-order valence-corrected chi connectivity index (χ2v) is 6.05. The molecule has 0 bridgehead atoms. The van der Waals surface area contributed by atoms with Crippen molar-refractivity contribution < 1.29 is 14.3 Å². The maximum atomic E-state index is 12.2. The third kappa shape index (κ3) is 4.49. The highest BCUT2D eigenvalue weighted by Crippen LogP contribution is 2.29. The summed E-state index contributed by atoms with van der Waals surface area (Å²) >= 11 is 12.1. The van der Waals surface area contributed by atoms with E-state index in [4.69, 9.17) is 32.7 Å². The summed E-state index contributed by atoms with van der Waals surface area (Å²) in [5.74, 6) is 0. The van der Waals surface area contributed by atoms with Crippen molar-refractivity contribution >= 4 is 29.2 Å². The first-order valence-corrected chi connectivity index (χ1v) is 7.89. The summed E-state index contributed by atoms with van der Waals surface area (Å²) in [6.45, 7) is 4.01. The van der Waals surface area contributed by atoms with Crippen LogP contribution in [0.3, 0.4) is 0 Å². The summed E-state index contributed by atoms with van der Waals surface area (Å²) in [5.41, 5.74) is 0.848. The molecule has 1 saturated heterocycles. The Morgan fingerprint density at radius 3 is 2.86 bits per heavy atom. The zero-order valence-corrected chi connectivity index (χ0v) is 14.2. The molecule has 1 aromatic carbocycles. The summed E-state index contributed by atoms with van der Waals surface area (Å²) in [5, 5.41) is 3.96. The Morgan fingerprint density at radius 2 is 2.23 bits per heavy atom. The molecule has 0 spiro atoms. The molecule has 2 amide bonds. The van der Waals surface area contributed by atoms with Crippen LogP contribution in [0.1, 0.15) is 18.5 Å². The molecule has 0 saturated carbocycles. The van der Waals surface area contributed by atoms with Gasteiger partial charge in [-0.25, -0.2) is 4.79 Å². The number of nitrogens with zero attached hydrogens (tertiary/aromatic N) is 1. The van der Waals surface area contributed by atoms with E-state index in [1.54, 1.807) is 24.1 Å². The minimum absolute atomic E-state index is 0.0967. The van der Waals surface area contributed by atoms with Gasteiger partial charge in [0.25, 0.3) is 0 Å². The van der Waals surface area contributed by atoms with Crippen LogP contribution in [0.4, 0.5) is 4.79 Å². The first kappa shape index (κ1) is 17.3. The molecule has 5 nitrogen and oxygen atoms in total. The van der Waals surface area contributed by atoms with Gasteiger partial charge >= 0.3 is 6.03 Å². The van der Waals surface area contributed by atoms with E-state index in [1.807, 2.05) is 13.0 Å². The van der Waals surface area contributed by atoms with Gasteiger partial charge in [-0.2, -0.15) is 0 Å². The lowest BCUT2D eigenvalue weighted by Crippen LogP contribution is -2.45. The van der Waals surface area contributed by atoms with Crippen molar-refractivity contribution in [3.8, 4) is 0 Å². The fourth-order valence-corrected chi connectivity index (χ4v) is 2.77. The molecule has 2 atom stereocenters. The minimum Gasteiger partial charge on any atom is -0.376 e. The van der Waals surface area contributed by atoms with Gasteiger partial charge in [0.2, 0.25) is 0 Å². The lowest BCUT2D eigenvalue weighted by Gasteiger charge is -2.28. The highest BCUT2D eigenvalue weighted by Gasteiger charge is 2.21. The number of halogens is 2. The number of benzene rings is 1. The number of ether oxygens (including phenoxy) is 2. The topological polar surface area (TPSA) is 50.8 Å². The van der Waals surface area contributed by atoms with Crippen molar-refractivity contribution in [1.29, 1.82) is 0 Å². The third-order valence-electron chi connectivity index (χ3n) is 3.68. The van der Waals surface area contributed by atoms with Gasteiger partial charge in [0.15, 0.2) is 0 Å². The summed E-state index contributed by atoms with van der Waals surface area (Å²) < 4.78 is 10.8. The van der Waals surface area contributed by atoms with Crippen molar-refractivity contribution in [2.24, 2.45) is 0 Å². The van der Waals surface area contributed by atoms with E-state index < -0.39 is 0 Å². The molecule has 7 heteroatoms. The van der Waals surface area contributed by atoms with Gasteiger partial charge in [0.1, 0.15) is 0 Å². The highest BCUT2D eigenvalue weighted by molar-refractivity contribution is 6.35. The number of carbonyl (C=O) groups is 1. The van der Waals surface area contributed by atoms with Gasteiger partial charge in [-0.3, -0.25) is 0 Å². The van der Waals surface area contributed by atoms with E-state index in [9.17, 15) is 4.79 Å². The maximum Gasteiger partial charge on any atom is 0.317 e. The molecule has 0 unspecified atom stereocenters. The van der Waals surface area contributed by atoms with Gasteiger partial charge in [0.05, 0.1) is 32.0 Å². The Labute approximate surface area is 140 Å². The molecule has 22 heavy (non-hydrogen) atoms. The fourth-order valence-electron chi connectivity index (χ4n) is 2.21. The van der Waals surface area contributed by atoms with E-state index >= 15 is 0 Å². The number of rotatable bonds is 4. The van der Waals surface area contributed by atoms with Crippen LogP contribution >= 0.6 is 23.2 Å². The molecule has 1 aromatic rings. The molecule has 1 aliphatic rings. The van der Waals surface area contributed by atoms with Crippen LogP contribution < -0.4 is 5.32 Å². The van der Waals surface area contributed by atoms with Gasteiger partial charge < -0.3 is 19.7 Å². The van der Waals surface area contributed by atoms with Gasteiger partial charge in [-0.1, -0.05) is 29.3 Å². The molecule has 1 heterocycles. The van der Waals surface area contributed by atoms with Crippen LogP contribution in [0.5, 0.6) is 0 Å². The first-order valence-electron chi connectivity index (χ1n) is 7.14. The number of hydrogen-bond acceptors (Lipinski definition) is 3. The molecule has 1 fully saturated rings. The van der Waals surface area contributed by atoms with Crippen LogP contribution in [0.25, 0.3) is 0 Å². The van der Waals surface area contributed by atoms with E-state index in [1.165, 1.54) is 0 Å². The number of amides is 2. The average molecular weight is 347 g/mol. The Bertz CT molecular complexity index is 522. The molecule has 0 aromatic heterocycles. The number of hydrogen-bond donors (Lipinski definition) is 1. The monoisotopic (exact) mass is 346 g/mol. The predicted molar refractivity (Wildman–Crippen MR) is 86.6 cm³/mol. The van der Waals surface area contributed by atoms with Crippen molar-refractivity contribution in [3.05, 3.63) is 33.8 Å². The molecule has 2 rings (SSSR count). The molecular formula is C15H20Cl2N2O3. The Balaban J connectivity index is 1.91. The Hall–Kier alpha value is -1.01. The quantitative estimate of drug-likeness (QED) is 0.911. The fraction of sp³-hybridized carbons (Fsp3) is 0.533. The summed E-state index contributed by atoms with van der Waals surface area (Å²) in [6.07, 6.45) is -0.0967. The van der Waals surface area contributed by atoms with Gasteiger partial charge in [-0.15, -0.1) is 0 Å². The van der Waals surface area contributed by atoms with E-state index in [-0.39, 0.29) is 18.2 Å². The molecule has 1 aliphatic heterocycles. The second kappa shape index (κ2) is 8.02. The van der Waals surface area contributed by atoms with Crippen LogP contribution in [0.15, 0.2) is 18.2 Å². The van der Waals surface area contributed by atoms with Crippen molar-refractivity contribution in [2.45, 2.75) is 19.1 Å². The number of nitrogens with one attached hydrogen (secondary N) is 1. The lowest BCUT2D eigenvalue weighted by atomic mass is 10.1. The third-order valence-corrected chi connectivity index (χ3v) is 4.24. The number of urea groups is 1. The molecular weight excluding hydrogens is 327 g/mol. The van der Waals surface area contributed by atoms with Gasteiger partial charge in [-0.05, 0) is 24.6 Å². The Kier molecular flexibility index (Phi) is 6.32. The van der Waals surface area contributed by atoms with Crippen molar-refractivity contribution in [3.63, 3.8) is 0 Å². The summed E-state index contributed by atoms with van der Waals surface area (Å²) in [6, 6.07) is 4.91. The first-order chi connectivity index (χ1) is 10.5. The summed E-state index contributed by atoms with van der Waals surface area (Å²) in [7, 11) is 1.73. The van der Waals surface area contributed by atoms with Crippen LogP contribution in [0.2, 0.25) is 10.0 Å². The van der Waals surface area contributed by atoms with Crippen molar-refractivity contribution in [1.82, 2.24) is 10.2 Å². The Morgan fingerprint density at radius 1 is 1.45 bits per heavy atom. The van der Waals surface area contributed by atoms with Crippen LogP contribution in [-0.2, 0) is 9.47 Å². The summed E-state index contributed by atoms with van der Waals surface area (Å²) in [4.78, 5) is 13.8.